The second-order valence-corrected chi connectivity index (χ2v) is 12.8. The molecule has 0 saturated carbocycles. The number of hydrogen-bond donors (Lipinski definition) is 4. The van der Waals surface area contributed by atoms with Crippen LogP contribution in [-0.4, -0.2) is 46.1 Å². The van der Waals surface area contributed by atoms with Crippen molar-refractivity contribution < 1.29 is 20.1 Å². The summed E-state index contributed by atoms with van der Waals surface area (Å²) in [6.07, 6.45) is 33.7. The summed E-state index contributed by atoms with van der Waals surface area (Å²) in [5, 5.41) is 33.0. The summed E-state index contributed by atoms with van der Waals surface area (Å²) in [5.74, 6) is -0.471. The Kier molecular flexibility index (Phi) is 31.8. The van der Waals surface area contributed by atoms with Gasteiger partial charge in [0.05, 0.1) is 18.8 Å². The van der Waals surface area contributed by atoms with Gasteiger partial charge in [0, 0.05) is 0 Å². The Morgan fingerprint density at radius 1 is 0.488 bits per heavy atom. The van der Waals surface area contributed by atoms with E-state index in [-0.39, 0.29) is 6.61 Å². The molecule has 3 atom stereocenters. The third-order valence-electron chi connectivity index (χ3n) is 8.73. The fourth-order valence-electron chi connectivity index (χ4n) is 5.78. The first-order valence-electron chi connectivity index (χ1n) is 18.3. The second-order valence-electron chi connectivity index (χ2n) is 12.8. The number of amides is 1. The van der Waals surface area contributed by atoms with Crippen molar-refractivity contribution in [1.29, 1.82) is 0 Å². The van der Waals surface area contributed by atoms with Crippen LogP contribution in [0.3, 0.4) is 0 Å². The maximum atomic E-state index is 12.4. The number of aliphatic hydroxyl groups is 3. The van der Waals surface area contributed by atoms with Gasteiger partial charge in [-0.1, -0.05) is 187 Å². The van der Waals surface area contributed by atoms with E-state index in [1.165, 1.54) is 141 Å². The zero-order chi connectivity index (χ0) is 30.2. The third kappa shape index (κ3) is 27.9. The molecule has 0 aromatic heterocycles. The average Bonchev–Trinajstić information content (AvgIpc) is 2.98. The van der Waals surface area contributed by atoms with Crippen molar-refractivity contribution in [3.63, 3.8) is 0 Å². The van der Waals surface area contributed by atoms with Gasteiger partial charge in [0.2, 0.25) is 5.91 Å². The van der Waals surface area contributed by atoms with Gasteiger partial charge in [-0.3, -0.25) is 4.79 Å². The molecule has 0 aliphatic rings. The number of hydrogen-bond acceptors (Lipinski definition) is 4. The van der Waals surface area contributed by atoms with Crippen LogP contribution < -0.4 is 5.32 Å². The van der Waals surface area contributed by atoms with Crippen molar-refractivity contribution in [3.8, 4) is 0 Å². The number of nitrogens with one attached hydrogen (secondary N) is 1. The highest BCUT2D eigenvalue weighted by Crippen LogP contribution is 2.16. The number of carbonyl (C=O) groups is 1. The third-order valence-corrected chi connectivity index (χ3v) is 8.73. The van der Waals surface area contributed by atoms with Gasteiger partial charge in [-0.25, -0.2) is 0 Å². The van der Waals surface area contributed by atoms with E-state index in [0.29, 0.717) is 12.8 Å². The maximum Gasteiger partial charge on any atom is 0.249 e. The molecule has 0 rings (SSSR count). The van der Waals surface area contributed by atoms with Gasteiger partial charge < -0.3 is 20.6 Å². The molecule has 1 amide bonds. The summed E-state index contributed by atoms with van der Waals surface area (Å²) in [6.45, 7) is 4.21. The van der Waals surface area contributed by atoms with E-state index in [0.717, 1.165) is 32.1 Å². The first kappa shape index (κ1) is 40.4. The Labute approximate surface area is 256 Å². The van der Waals surface area contributed by atoms with E-state index in [2.05, 4.69) is 19.2 Å². The molecule has 0 saturated heterocycles. The van der Waals surface area contributed by atoms with Crippen molar-refractivity contribution in [2.75, 3.05) is 6.61 Å². The Balaban J connectivity index is 3.63. The van der Waals surface area contributed by atoms with E-state index in [1.54, 1.807) is 0 Å². The highest BCUT2D eigenvalue weighted by Gasteiger charge is 2.23. The fraction of sp³-hybridized carbons (Fsp3) is 0.972. The minimum Gasteiger partial charge on any atom is -0.394 e. The molecule has 0 spiro atoms. The number of carbonyl (C=O) groups excluding carboxylic acids is 1. The topological polar surface area (TPSA) is 89.8 Å². The lowest BCUT2D eigenvalue weighted by atomic mass is 10.0. The van der Waals surface area contributed by atoms with Crippen LogP contribution in [0.2, 0.25) is 0 Å². The van der Waals surface area contributed by atoms with Crippen LogP contribution in [0.1, 0.15) is 200 Å². The van der Waals surface area contributed by atoms with Gasteiger partial charge in [-0.2, -0.15) is 0 Å². The Morgan fingerprint density at radius 3 is 1.10 bits per heavy atom. The molecule has 0 fully saturated rings. The first-order valence-corrected chi connectivity index (χ1v) is 18.3. The van der Waals surface area contributed by atoms with Crippen molar-refractivity contribution >= 4 is 5.91 Å². The van der Waals surface area contributed by atoms with Crippen LogP contribution in [0.25, 0.3) is 0 Å². The molecule has 3 unspecified atom stereocenters. The number of aliphatic hydroxyl groups excluding tert-OH is 3. The van der Waals surface area contributed by atoms with Gasteiger partial charge >= 0.3 is 0 Å². The van der Waals surface area contributed by atoms with Gasteiger partial charge in [0.1, 0.15) is 6.10 Å². The van der Waals surface area contributed by atoms with Crippen LogP contribution >= 0.6 is 0 Å². The number of unbranched alkanes of at least 4 members (excludes halogenated alkanes) is 25. The van der Waals surface area contributed by atoms with Crippen LogP contribution in [0, 0.1) is 0 Å². The van der Waals surface area contributed by atoms with E-state index < -0.39 is 24.2 Å². The predicted octanol–water partition coefficient (Wildman–Crippen LogP) is 9.54. The van der Waals surface area contributed by atoms with E-state index >= 15 is 0 Å². The molecule has 0 aliphatic carbocycles. The molecule has 0 aromatic carbocycles. The monoisotopic (exact) mass is 584 g/mol. The molecule has 0 heterocycles. The van der Waals surface area contributed by atoms with Crippen LogP contribution in [0.15, 0.2) is 0 Å². The Morgan fingerprint density at radius 2 is 0.780 bits per heavy atom. The largest absolute Gasteiger partial charge is 0.394 e. The van der Waals surface area contributed by atoms with E-state index in [9.17, 15) is 20.1 Å². The molecule has 246 valence electrons. The van der Waals surface area contributed by atoms with Crippen LogP contribution in [-0.2, 0) is 4.79 Å². The first-order chi connectivity index (χ1) is 20.1. The molecule has 0 bridgehead atoms. The summed E-state index contributed by atoms with van der Waals surface area (Å²) in [7, 11) is 0. The lowest BCUT2D eigenvalue weighted by Crippen LogP contribution is -2.49. The Hall–Kier alpha value is -0.650. The fourth-order valence-corrected chi connectivity index (χ4v) is 5.78. The van der Waals surface area contributed by atoms with E-state index in [4.69, 9.17) is 0 Å². The quantitative estimate of drug-likeness (QED) is 0.0579. The minimum atomic E-state index is -1.06. The lowest BCUT2D eigenvalue weighted by molar-refractivity contribution is -0.131. The molecule has 4 N–H and O–H groups in total. The smallest absolute Gasteiger partial charge is 0.249 e. The van der Waals surface area contributed by atoms with Crippen LogP contribution in [0.4, 0.5) is 0 Å². The molecular weight excluding hydrogens is 510 g/mol. The second kappa shape index (κ2) is 32.3. The predicted molar refractivity (Wildman–Crippen MR) is 176 cm³/mol. The van der Waals surface area contributed by atoms with Crippen LogP contribution in [0.5, 0.6) is 0 Å². The van der Waals surface area contributed by atoms with Gasteiger partial charge in [-0.15, -0.1) is 0 Å². The molecule has 5 nitrogen and oxygen atoms in total. The van der Waals surface area contributed by atoms with Gasteiger partial charge in [0.15, 0.2) is 0 Å². The highest BCUT2D eigenvalue weighted by molar-refractivity contribution is 5.80. The SMILES string of the molecule is CCCCCCCCCCCCCCCCCCCC(O)C(CO)NC(=O)C(O)CCCCCCCCCCCC. The summed E-state index contributed by atoms with van der Waals surface area (Å²) < 4.78 is 0. The molecule has 5 heteroatoms. The average molecular weight is 584 g/mol. The van der Waals surface area contributed by atoms with Gasteiger partial charge in [-0.05, 0) is 12.8 Å². The normalized spacial score (nSPS) is 13.8. The molecule has 41 heavy (non-hydrogen) atoms. The van der Waals surface area contributed by atoms with Crippen molar-refractivity contribution in [2.45, 2.75) is 218 Å². The molecule has 0 aromatic rings. The summed E-state index contributed by atoms with van der Waals surface area (Å²) in [5.41, 5.74) is 0. The van der Waals surface area contributed by atoms with Crippen molar-refractivity contribution in [2.24, 2.45) is 0 Å². The lowest BCUT2D eigenvalue weighted by Gasteiger charge is -2.23. The number of rotatable bonds is 33. The summed E-state index contributed by atoms with van der Waals surface area (Å²) in [6, 6.07) is -0.703. The van der Waals surface area contributed by atoms with Crippen molar-refractivity contribution in [3.05, 3.63) is 0 Å². The Bertz CT molecular complexity index is 530. The summed E-state index contributed by atoms with van der Waals surface area (Å²) in [4.78, 5) is 12.4. The van der Waals surface area contributed by atoms with Crippen molar-refractivity contribution in [1.82, 2.24) is 5.32 Å². The van der Waals surface area contributed by atoms with Gasteiger partial charge in [0.25, 0.3) is 0 Å². The standard InChI is InChI=1S/C36H73NO4/c1-3-5-7-9-11-13-15-16-17-18-19-20-21-23-24-26-28-30-34(39)33(32-38)37-36(41)35(40)31-29-27-25-22-14-12-10-8-6-4-2/h33-35,38-40H,3-32H2,1-2H3,(H,37,41). The molecule has 0 radical (unpaired) electrons. The zero-order valence-corrected chi connectivity index (χ0v) is 27.7. The molecular formula is C36H73NO4. The highest BCUT2D eigenvalue weighted by atomic mass is 16.3. The zero-order valence-electron chi connectivity index (χ0n) is 27.7. The maximum absolute atomic E-state index is 12.4. The minimum absolute atomic E-state index is 0.309. The van der Waals surface area contributed by atoms with E-state index in [1.807, 2.05) is 0 Å². The molecule has 0 aliphatic heterocycles. The summed E-state index contributed by atoms with van der Waals surface area (Å²) >= 11 is 0.